The van der Waals surface area contributed by atoms with Gasteiger partial charge in [0.2, 0.25) is 11.0 Å². The SMILES string of the molecule is O=C(O)Cn1nnc(-c2nnc(N3CCC(OC4=CC=CCC=C4C(F)(F)F)CC3)s2)n1. The first-order valence-corrected chi connectivity index (χ1v) is 10.5. The van der Waals surface area contributed by atoms with Crippen LogP contribution in [0.1, 0.15) is 19.3 Å². The van der Waals surface area contributed by atoms with E-state index in [1.165, 1.54) is 17.4 Å². The molecule has 4 rings (SSSR count). The van der Waals surface area contributed by atoms with Crippen LogP contribution in [0.25, 0.3) is 10.8 Å². The molecule has 0 saturated carbocycles. The summed E-state index contributed by atoms with van der Waals surface area (Å²) in [6, 6.07) is 0. The first kappa shape index (κ1) is 21.9. The van der Waals surface area contributed by atoms with E-state index in [2.05, 4.69) is 25.6 Å². The van der Waals surface area contributed by atoms with Crippen LogP contribution in [0.2, 0.25) is 0 Å². The van der Waals surface area contributed by atoms with E-state index in [-0.39, 0.29) is 24.1 Å². The quantitative estimate of drug-likeness (QED) is 0.681. The van der Waals surface area contributed by atoms with E-state index in [4.69, 9.17) is 9.84 Å². The molecule has 0 amide bonds. The largest absolute Gasteiger partial charge is 0.490 e. The first-order chi connectivity index (χ1) is 15.3. The molecule has 0 unspecified atom stereocenters. The van der Waals surface area contributed by atoms with Crippen LogP contribution in [0.5, 0.6) is 0 Å². The molecule has 2 aliphatic rings. The van der Waals surface area contributed by atoms with E-state index < -0.39 is 24.3 Å². The number of aliphatic carboxylic acids is 1. The van der Waals surface area contributed by atoms with Crippen molar-refractivity contribution in [3.8, 4) is 10.8 Å². The number of carboxylic acid groups (broad SMARTS) is 1. The lowest BCUT2D eigenvalue weighted by molar-refractivity contribution is -0.138. The summed E-state index contributed by atoms with van der Waals surface area (Å²) in [5.41, 5.74) is -0.748. The summed E-state index contributed by atoms with van der Waals surface area (Å²) in [4.78, 5) is 13.6. The maximum Gasteiger partial charge on any atom is 0.419 e. The Labute approximate surface area is 183 Å². The van der Waals surface area contributed by atoms with Crippen molar-refractivity contribution in [2.75, 3.05) is 18.0 Å². The Hall–Kier alpha value is -3.29. The minimum atomic E-state index is -4.47. The van der Waals surface area contributed by atoms with Crippen molar-refractivity contribution >= 4 is 22.4 Å². The van der Waals surface area contributed by atoms with Crippen molar-refractivity contribution < 1.29 is 27.8 Å². The number of allylic oxidation sites excluding steroid dienone is 5. The Morgan fingerprint density at radius 3 is 2.75 bits per heavy atom. The summed E-state index contributed by atoms with van der Waals surface area (Å²) in [7, 11) is 0. The second-order valence-electron chi connectivity index (χ2n) is 7.04. The van der Waals surface area contributed by atoms with Crippen molar-refractivity contribution in [1.82, 2.24) is 30.4 Å². The van der Waals surface area contributed by atoms with Crippen molar-refractivity contribution in [2.24, 2.45) is 0 Å². The molecule has 1 fully saturated rings. The fraction of sp³-hybridized carbons (Fsp3) is 0.444. The summed E-state index contributed by atoms with van der Waals surface area (Å²) in [6.45, 7) is 0.656. The average Bonchev–Trinajstić information content (AvgIpc) is 3.33. The molecule has 32 heavy (non-hydrogen) atoms. The summed E-state index contributed by atoms with van der Waals surface area (Å²) in [6.07, 6.45) is 2.14. The first-order valence-electron chi connectivity index (χ1n) is 9.69. The average molecular weight is 469 g/mol. The number of anilines is 1. The van der Waals surface area contributed by atoms with Crippen molar-refractivity contribution in [3.05, 3.63) is 35.6 Å². The maximum atomic E-state index is 13.3. The lowest BCUT2D eigenvalue weighted by Gasteiger charge is -2.32. The van der Waals surface area contributed by atoms with Crippen LogP contribution in [0.3, 0.4) is 0 Å². The van der Waals surface area contributed by atoms with Gasteiger partial charge in [-0.25, -0.2) is 0 Å². The number of nitrogens with zero attached hydrogens (tertiary/aromatic N) is 7. The molecule has 1 N–H and O–H groups in total. The summed E-state index contributed by atoms with van der Waals surface area (Å²) in [5.74, 6) is -1.07. The smallest absolute Gasteiger partial charge is 0.419 e. The number of carboxylic acids is 1. The molecule has 1 aliphatic heterocycles. The number of hydrogen-bond acceptors (Lipinski definition) is 9. The third-order valence-electron chi connectivity index (χ3n) is 4.75. The van der Waals surface area contributed by atoms with Crippen LogP contribution in [0.15, 0.2) is 35.6 Å². The zero-order valence-corrected chi connectivity index (χ0v) is 17.4. The summed E-state index contributed by atoms with van der Waals surface area (Å²) in [5, 5.41) is 29.4. The highest BCUT2D eigenvalue weighted by Gasteiger charge is 2.38. The van der Waals surface area contributed by atoms with E-state index in [0.717, 1.165) is 10.9 Å². The van der Waals surface area contributed by atoms with Crippen LogP contribution >= 0.6 is 11.3 Å². The number of piperidine rings is 1. The molecule has 0 aromatic carbocycles. The van der Waals surface area contributed by atoms with Gasteiger partial charge in [-0.15, -0.1) is 20.4 Å². The van der Waals surface area contributed by atoms with Gasteiger partial charge in [0.25, 0.3) is 0 Å². The molecule has 2 aromatic heterocycles. The normalized spacial score (nSPS) is 17.7. The molecule has 3 heterocycles. The van der Waals surface area contributed by atoms with Gasteiger partial charge in [0.1, 0.15) is 11.9 Å². The fourth-order valence-electron chi connectivity index (χ4n) is 3.26. The zero-order valence-electron chi connectivity index (χ0n) is 16.6. The number of carbonyl (C=O) groups is 1. The standard InChI is InChI=1S/C18H18F3N7O3S/c19-18(20,21)12-4-2-1-3-5-13(12)31-11-6-8-27(9-7-11)17-24-23-16(32-17)15-22-26-28(25-15)10-14(29)30/h1,3-5,11H,2,6-10H2,(H,29,30). The highest BCUT2D eigenvalue weighted by molar-refractivity contribution is 7.18. The second kappa shape index (κ2) is 9.06. The predicted molar refractivity (Wildman–Crippen MR) is 107 cm³/mol. The van der Waals surface area contributed by atoms with E-state index in [0.29, 0.717) is 36.1 Å². The van der Waals surface area contributed by atoms with Gasteiger partial charge >= 0.3 is 12.1 Å². The predicted octanol–water partition coefficient (Wildman–Crippen LogP) is 2.59. The lowest BCUT2D eigenvalue weighted by atomic mass is 10.1. The Bertz CT molecular complexity index is 1070. The van der Waals surface area contributed by atoms with Crippen LogP contribution in [-0.2, 0) is 16.1 Å². The van der Waals surface area contributed by atoms with Crippen LogP contribution in [-0.4, -0.2) is 66.9 Å². The Kier molecular flexibility index (Phi) is 6.21. The molecule has 10 nitrogen and oxygen atoms in total. The summed E-state index contributed by atoms with van der Waals surface area (Å²) < 4.78 is 45.7. The van der Waals surface area contributed by atoms with Gasteiger partial charge < -0.3 is 14.7 Å². The summed E-state index contributed by atoms with van der Waals surface area (Å²) >= 11 is 1.23. The van der Waals surface area contributed by atoms with Gasteiger partial charge in [-0.2, -0.15) is 18.0 Å². The number of rotatable bonds is 6. The topological polar surface area (TPSA) is 119 Å². The number of alkyl halides is 3. The van der Waals surface area contributed by atoms with Crippen molar-refractivity contribution in [3.63, 3.8) is 0 Å². The number of halogens is 3. The fourth-order valence-corrected chi connectivity index (χ4v) is 4.08. The van der Waals surface area contributed by atoms with Crippen molar-refractivity contribution in [1.29, 1.82) is 0 Å². The van der Waals surface area contributed by atoms with E-state index in [9.17, 15) is 18.0 Å². The highest BCUT2D eigenvalue weighted by atomic mass is 32.1. The molecule has 1 saturated heterocycles. The molecule has 14 heteroatoms. The monoisotopic (exact) mass is 469 g/mol. The number of ether oxygens (including phenoxy) is 1. The molecule has 0 spiro atoms. The van der Waals surface area contributed by atoms with Gasteiger partial charge in [-0.1, -0.05) is 29.6 Å². The molecule has 0 radical (unpaired) electrons. The van der Waals surface area contributed by atoms with Gasteiger partial charge in [-0.3, -0.25) is 4.79 Å². The van der Waals surface area contributed by atoms with Crippen LogP contribution in [0.4, 0.5) is 18.3 Å². The number of tetrazole rings is 1. The van der Waals surface area contributed by atoms with E-state index >= 15 is 0 Å². The van der Waals surface area contributed by atoms with E-state index in [1.54, 1.807) is 12.2 Å². The van der Waals surface area contributed by atoms with E-state index in [1.807, 2.05) is 4.90 Å². The zero-order chi connectivity index (χ0) is 22.7. The Balaban J connectivity index is 1.36. The minimum absolute atomic E-state index is 0.154. The number of aromatic nitrogens is 6. The minimum Gasteiger partial charge on any atom is -0.490 e. The molecule has 0 atom stereocenters. The van der Waals surface area contributed by atoms with Gasteiger partial charge in [-0.05, 0) is 17.7 Å². The Morgan fingerprint density at radius 2 is 2.03 bits per heavy atom. The maximum absolute atomic E-state index is 13.3. The third kappa shape index (κ3) is 5.12. The van der Waals surface area contributed by atoms with Gasteiger partial charge in [0.15, 0.2) is 11.6 Å². The third-order valence-corrected chi connectivity index (χ3v) is 5.73. The molecular weight excluding hydrogens is 451 g/mol. The lowest BCUT2D eigenvalue weighted by Crippen LogP contribution is -2.37. The molecule has 1 aliphatic carbocycles. The van der Waals surface area contributed by atoms with Crippen molar-refractivity contribution in [2.45, 2.75) is 38.1 Å². The van der Waals surface area contributed by atoms with Gasteiger partial charge in [0, 0.05) is 25.9 Å². The number of hydrogen-bond donors (Lipinski definition) is 1. The second-order valence-corrected chi connectivity index (χ2v) is 8.00. The van der Waals surface area contributed by atoms with Crippen LogP contribution < -0.4 is 4.90 Å². The Morgan fingerprint density at radius 1 is 1.25 bits per heavy atom. The highest BCUT2D eigenvalue weighted by Crippen LogP contribution is 2.35. The molecule has 0 bridgehead atoms. The van der Waals surface area contributed by atoms with Crippen LogP contribution in [0, 0.1) is 0 Å². The van der Waals surface area contributed by atoms with Gasteiger partial charge in [0.05, 0.1) is 5.57 Å². The molecule has 170 valence electrons. The molecular formula is C18H18F3N7O3S. The molecule has 2 aromatic rings.